The fourth-order valence-corrected chi connectivity index (χ4v) is 4.38. The Morgan fingerprint density at radius 1 is 1.30 bits per heavy atom. The minimum atomic E-state index is -3.85. The molecule has 128 valence electrons. The first-order valence-corrected chi connectivity index (χ1v) is 9.51. The van der Waals surface area contributed by atoms with E-state index in [-0.39, 0.29) is 17.9 Å². The quantitative estimate of drug-likeness (QED) is 0.798. The van der Waals surface area contributed by atoms with E-state index in [0.29, 0.717) is 0 Å². The minimum absolute atomic E-state index is 0.0827. The van der Waals surface area contributed by atoms with Gasteiger partial charge in [0.15, 0.2) is 0 Å². The van der Waals surface area contributed by atoms with E-state index in [1.54, 1.807) is 12.1 Å². The number of aliphatic hydroxyl groups is 1. The average molecular weight is 405 g/mol. The molecule has 1 aromatic rings. The van der Waals surface area contributed by atoms with E-state index < -0.39 is 33.6 Å². The van der Waals surface area contributed by atoms with E-state index in [4.69, 9.17) is 0 Å². The lowest BCUT2D eigenvalue weighted by Gasteiger charge is -2.27. The Labute approximate surface area is 145 Å². The van der Waals surface area contributed by atoms with Crippen molar-refractivity contribution in [2.24, 2.45) is 0 Å². The maximum Gasteiger partial charge on any atom is 0.243 e. The third-order valence-corrected chi connectivity index (χ3v) is 5.87. The molecule has 1 fully saturated rings. The Hall–Kier alpha value is -0.960. The number of carbonyl (C=O) groups is 1. The predicted octanol–water partition coefficient (Wildman–Crippen LogP) is 1.49. The highest BCUT2D eigenvalue weighted by Gasteiger charge is 2.44. The normalized spacial score (nSPS) is 23.0. The van der Waals surface area contributed by atoms with Gasteiger partial charge in [-0.25, -0.2) is 8.42 Å². The highest BCUT2D eigenvalue weighted by Crippen LogP contribution is 2.27. The first kappa shape index (κ1) is 18.4. The molecule has 2 rings (SSSR count). The molecular weight excluding hydrogens is 384 g/mol. The van der Waals surface area contributed by atoms with Gasteiger partial charge in [-0.15, -0.1) is 0 Å². The molecule has 0 spiro atoms. The monoisotopic (exact) mass is 404 g/mol. The van der Waals surface area contributed by atoms with Crippen molar-refractivity contribution >= 4 is 31.9 Å². The minimum Gasteiger partial charge on any atom is -0.392 e. The highest BCUT2D eigenvalue weighted by molar-refractivity contribution is 9.10. The molecule has 1 heterocycles. The molecule has 6 nitrogen and oxygen atoms in total. The van der Waals surface area contributed by atoms with Gasteiger partial charge in [0.2, 0.25) is 15.9 Å². The third-order valence-electron chi connectivity index (χ3n) is 3.45. The van der Waals surface area contributed by atoms with Gasteiger partial charge in [-0.1, -0.05) is 15.9 Å². The third kappa shape index (κ3) is 4.32. The number of halogens is 1. The second kappa shape index (κ2) is 6.51. The molecule has 0 aromatic heterocycles. The molecule has 8 heteroatoms. The van der Waals surface area contributed by atoms with Gasteiger partial charge in [0.1, 0.15) is 6.04 Å². The van der Waals surface area contributed by atoms with Crippen LogP contribution in [0.5, 0.6) is 0 Å². The van der Waals surface area contributed by atoms with E-state index in [1.165, 1.54) is 12.1 Å². The maximum atomic E-state index is 12.8. The van der Waals surface area contributed by atoms with Crippen LogP contribution in [0.15, 0.2) is 33.6 Å². The molecule has 0 radical (unpaired) electrons. The van der Waals surface area contributed by atoms with Gasteiger partial charge in [0.25, 0.3) is 0 Å². The SMILES string of the molecule is CC(C)(C)NC(=O)[C@H]1C[C@@H](O)CN1S(=O)(=O)c1ccc(Br)cc1. The zero-order chi connectivity index (χ0) is 17.4. The summed E-state index contributed by atoms with van der Waals surface area (Å²) < 4.78 is 27.4. The molecule has 1 aliphatic rings. The number of benzene rings is 1. The Bertz CT molecular complexity index is 682. The number of rotatable bonds is 3. The van der Waals surface area contributed by atoms with Gasteiger partial charge in [0, 0.05) is 23.0 Å². The van der Waals surface area contributed by atoms with E-state index in [9.17, 15) is 18.3 Å². The lowest BCUT2D eigenvalue weighted by atomic mass is 10.1. The Morgan fingerprint density at radius 3 is 2.39 bits per heavy atom. The van der Waals surface area contributed by atoms with Gasteiger partial charge in [0.05, 0.1) is 11.0 Å². The van der Waals surface area contributed by atoms with Crippen molar-refractivity contribution in [1.29, 1.82) is 0 Å². The van der Waals surface area contributed by atoms with Gasteiger partial charge in [-0.05, 0) is 45.0 Å². The van der Waals surface area contributed by atoms with Gasteiger partial charge >= 0.3 is 0 Å². The summed E-state index contributed by atoms with van der Waals surface area (Å²) in [7, 11) is -3.85. The molecule has 0 saturated carbocycles. The lowest BCUT2D eigenvalue weighted by molar-refractivity contribution is -0.125. The number of hydrogen-bond acceptors (Lipinski definition) is 4. The van der Waals surface area contributed by atoms with Crippen molar-refractivity contribution in [2.45, 2.75) is 49.8 Å². The van der Waals surface area contributed by atoms with Crippen LogP contribution in [0.4, 0.5) is 0 Å². The van der Waals surface area contributed by atoms with E-state index in [1.807, 2.05) is 20.8 Å². The van der Waals surface area contributed by atoms with Crippen LogP contribution < -0.4 is 5.32 Å². The molecule has 0 unspecified atom stereocenters. The maximum absolute atomic E-state index is 12.8. The Kier molecular flexibility index (Phi) is 5.20. The largest absolute Gasteiger partial charge is 0.392 e. The van der Waals surface area contributed by atoms with E-state index >= 15 is 0 Å². The smallest absolute Gasteiger partial charge is 0.243 e. The van der Waals surface area contributed by atoms with E-state index in [2.05, 4.69) is 21.2 Å². The summed E-state index contributed by atoms with van der Waals surface area (Å²) in [6.07, 6.45) is -0.756. The topological polar surface area (TPSA) is 86.7 Å². The fourth-order valence-electron chi connectivity index (χ4n) is 2.48. The summed E-state index contributed by atoms with van der Waals surface area (Å²) >= 11 is 3.26. The number of carbonyl (C=O) groups excluding carboxylic acids is 1. The van der Waals surface area contributed by atoms with Gasteiger partial charge in [-0.3, -0.25) is 4.79 Å². The van der Waals surface area contributed by atoms with Crippen LogP contribution in [0.3, 0.4) is 0 Å². The van der Waals surface area contributed by atoms with Crippen LogP contribution in [-0.2, 0) is 14.8 Å². The molecule has 2 atom stereocenters. The summed E-state index contributed by atoms with van der Waals surface area (Å²) in [4.78, 5) is 12.5. The summed E-state index contributed by atoms with van der Waals surface area (Å²) in [6, 6.07) is 5.30. The van der Waals surface area contributed by atoms with Crippen molar-refractivity contribution in [3.05, 3.63) is 28.7 Å². The number of sulfonamides is 1. The zero-order valence-electron chi connectivity index (χ0n) is 13.3. The second-order valence-corrected chi connectivity index (χ2v) is 9.48. The van der Waals surface area contributed by atoms with Crippen molar-refractivity contribution in [2.75, 3.05) is 6.54 Å². The number of aliphatic hydroxyl groups excluding tert-OH is 1. The van der Waals surface area contributed by atoms with Gasteiger partial charge < -0.3 is 10.4 Å². The molecule has 1 aliphatic heterocycles. The Balaban J connectivity index is 2.31. The fraction of sp³-hybridized carbons (Fsp3) is 0.533. The molecule has 0 aliphatic carbocycles. The van der Waals surface area contributed by atoms with Crippen LogP contribution in [-0.4, -0.2) is 48.0 Å². The number of hydrogen-bond donors (Lipinski definition) is 2. The molecule has 1 aromatic carbocycles. The lowest BCUT2D eigenvalue weighted by Crippen LogP contribution is -2.51. The van der Waals surface area contributed by atoms with Crippen molar-refractivity contribution < 1.29 is 18.3 Å². The van der Waals surface area contributed by atoms with Crippen LogP contribution in [0.2, 0.25) is 0 Å². The summed E-state index contributed by atoms with van der Waals surface area (Å²) in [5, 5.41) is 12.7. The first-order valence-electron chi connectivity index (χ1n) is 7.28. The highest BCUT2D eigenvalue weighted by atomic mass is 79.9. The van der Waals surface area contributed by atoms with Crippen LogP contribution in [0, 0.1) is 0 Å². The summed E-state index contributed by atoms with van der Waals surface area (Å²) in [5.74, 6) is -0.394. The van der Waals surface area contributed by atoms with Crippen molar-refractivity contribution in [3.8, 4) is 0 Å². The molecule has 0 bridgehead atoms. The van der Waals surface area contributed by atoms with E-state index in [0.717, 1.165) is 8.78 Å². The van der Waals surface area contributed by atoms with Crippen molar-refractivity contribution in [1.82, 2.24) is 9.62 Å². The van der Waals surface area contributed by atoms with Crippen LogP contribution in [0.25, 0.3) is 0 Å². The summed E-state index contributed by atoms with van der Waals surface area (Å²) in [5.41, 5.74) is -0.475. The molecule has 23 heavy (non-hydrogen) atoms. The van der Waals surface area contributed by atoms with Gasteiger partial charge in [-0.2, -0.15) is 4.31 Å². The van der Waals surface area contributed by atoms with Crippen LogP contribution >= 0.6 is 15.9 Å². The molecule has 1 saturated heterocycles. The number of amides is 1. The number of nitrogens with zero attached hydrogens (tertiary/aromatic N) is 1. The first-order chi connectivity index (χ1) is 10.5. The molecular formula is C15H21BrN2O4S. The second-order valence-electron chi connectivity index (χ2n) is 6.67. The summed E-state index contributed by atoms with van der Waals surface area (Å²) in [6.45, 7) is 5.39. The number of β-amino-alcohol motifs (C(OH)–C–C–N with tert-alkyl or cyclic N) is 1. The predicted molar refractivity (Wildman–Crippen MR) is 90.3 cm³/mol. The molecule has 1 amide bonds. The number of nitrogens with one attached hydrogen (secondary N) is 1. The van der Waals surface area contributed by atoms with Crippen molar-refractivity contribution in [3.63, 3.8) is 0 Å². The zero-order valence-corrected chi connectivity index (χ0v) is 15.7. The average Bonchev–Trinajstić information content (AvgIpc) is 2.80. The Morgan fingerprint density at radius 2 is 1.87 bits per heavy atom. The molecule has 2 N–H and O–H groups in total. The standard InChI is InChI=1S/C15H21BrN2O4S/c1-15(2,3)17-14(20)13-8-11(19)9-18(13)23(21,22)12-6-4-10(16)5-7-12/h4-7,11,13,19H,8-9H2,1-3H3,(H,17,20)/t11-,13-/m1/s1. The van der Waals surface area contributed by atoms with Crippen LogP contribution in [0.1, 0.15) is 27.2 Å².